The second-order valence-electron chi connectivity index (χ2n) is 4.19. The molecule has 0 fully saturated rings. The van der Waals surface area contributed by atoms with Gasteiger partial charge in [-0.3, -0.25) is 9.29 Å². The molecule has 0 radical (unpaired) electrons. The number of hydrogen-bond donors (Lipinski definition) is 1. The average Bonchev–Trinajstić information content (AvgIpc) is 2.93. The van der Waals surface area contributed by atoms with E-state index in [1.54, 1.807) is 35.4 Å². The predicted octanol–water partition coefficient (Wildman–Crippen LogP) is 2.03. The molecule has 0 aliphatic heterocycles. The van der Waals surface area contributed by atoms with Crippen molar-refractivity contribution in [3.05, 3.63) is 37.1 Å². The van der Waals surface area contributed by atoms with Crippen LogP contribution in [0.2, 0.25) is 0 Å². The van der Waals surface area contributed by atoms with E-state index in [2.05, 4.69) is 14.7 Å². The van der Waals surface area contributed by atoms with E-state index in [-0.39, 0.29) is 5.75 Å². The number of nitrogens with zero attached hydrogens (tertiary/aromatic N) is 3. The first-order chi connectivity index (χ1) is 9.61. The van der Waals surface area contributed by atoms with Crippen LogP contribution in [0.15, 0.2) is 37.1 Å². The lowest BCUT2D eigenvalue weighted by atomic mass is 10.4. The summed E-state index contributed by atoms with van der Waals surface area (Å²) in [4.78, 5) is 8.10. The predicted molar refractivity (Wildman–Crippen MR) is 78.7 cm³/mol. The van der Waals surface area contributed by atoms with Gasteiger partial charge in [0.1, 0.15) is 12.1 Å². The topological polar surface area (TPSA) is 76.9 Å². The zero-order valence-corrected chi connectivity index (χ0v) is 12.3. The summed E-state index contributed by atoms with van der Waals surface area (Å²) in [5.74, 6) is 1.20. The Balaban J connectivity index is 2.00. The quantitative estimate of drug-likeness (QED) is 0.626. The summed E-state index contributed by atoms with van der Waals surface area (Å²) >= 11 is 5.52. The first-order valence-electron chi connectivity index (χ1n) is 6.11. The highest BCUT2D eigenvalue weighted by Gasteiger charge is 2.10. The summed E-state index contributed by atoms with van der Waals surface area (Å²) < 4.78 is 27.8. The SMILES string of the molecule is O=S(=O)(CCCCCl)Nc1ccc(-n2ccnc2)nc1. The smallest absolute Gasteiger partial charge is 0.232 e. The fourth-order valence-corrected chi connectivity index (χ4v) is 2.97. The third-order valence-corrected chi connectivity index (χ3v) is 4.23. The van der Waals surface area contributed by atoms with Gasteiger partial charge in [0, 0.05) is 18.3 Å². The second kappa shape index (κ2) is 6.71. The van der Waals surface area contributed by atoms with Gasteiger partial charge in [0.25, 0.3) is 0 Å². The molecule has 2 aromatic rings. The van der Waals surface area contributed by atoms with Gasteiger partial charge in [-0.25, -0.2) is 18.4 Å². The zero-order chi connectivity index (χ0) is 14.4. The van der Waals surface area contributed by atoms with Crippen molar-refractivity contribution in [3.8, 4) is 5.82 Å². The first kappa shape index (κ1) is 14.8. The van der Waals surface area contributed by atoms with E-state index < -0.39 is 10.0 Å². The van der Waals surface area contributed by atoms with Crippen LogP contribution in [0.3, 0.4) is 0 Å². The first-order valence-corrected chi connectivity index (χ1v) is 8.30. The fourth-order valence-electron chi connectivity index (χ4n) is 1.61. The number of pyridine rings is 1. The summed E-state index contributed by atoms with van der Waals surface area (Å²) in [6.45, 7) is 0. The van der Waals surface area contributed by atoms with E-state index in [0.717, 1.165) is 0 Å². The molecule has 0 amide bonds. The van der Waals surface area contributed by atoms with Gasteiger partial charge >= 0.3 is 0 Å². The van der Waals surface area contributed by atoms with Crippen molar-refractivity contribution in [3.63, 3.8) is 0 Å². The van der Waals surface area contributed by atoms with E-state index in [1.807, 2.05) is 0 Å². The van der Waals surface area contributed by atoms with Crippen LogP contribution in [0.5, 0.6) is 0 Å². The van der Waals surface area contributed by atoms with Gasteiger partial charge < -0.3 is 0 Å². The lowest BCUT2D eigenvalue weighted by molar-refractivity contribution is 0.598. The molecule has 20 heavy (non-hydrogen) atoms. The van der Waals surface area contributed by atoms with Gasteiger partial charge in [0.2, 0.25) is 10.0 Å². The molecule has 2 heterocycles. The number of imidazole rings is 1. The monoisotopic (exact) mass is 314 g/mol. The Morgan fingerprint density at radius 2 is 2.15 bits per heavy atom. The van der Waals surface area contributed by atoms with Crippen molar-refractivity contribution >= 4 is 27.3 Å². The number of alkyl halides is 1. The average molecular weight is 315 g/mol. The largest absolute Gasteiger partial charge is 0.291 e. The molecule has 0 aliphatic rings. The molecule has 8 heteroatoms. The maximum absolute atomic E-state index is 11.8. The summed E-state index contributed by atoms with van der Waals surface area (Å²) in [5, 5.41) is 0. The fraction of sp³-hybridized carbons (Fsp3) is 0.333. The Bertz CT molecular complexity index is 626. The molecule has 0 atom stereocenters. The number of unbranched alkanes of at least 4 members (excludes halogenated alkanes) is 1. The minimum Gasteiger partial charge on any atom is -0.291 e. The van der Waals surface area contributed by atoms with Crippen molar-refractivity contribution in [1.29, 1.82) is 0 Å². The molecule has 0 bridgehead atoms. The molecule has 2 rings (SSSR count). The number of anilines is 1. The molecule has 0 saturated carbocycles. The minimum absolute atomic E-state index is 0.0585. The van der Waals surface area contributed by atoms with Gasteiger partial charge in [-0.1, -0.05) is 0 Å². The van der Waals surface area contributed by atoms with Crippen LogP contribution in [0.25, 0.3) is 5.82 Å². The minimum atomic E-state index is -3.34. The molecule has 0 saturated heterocycles. The standard InChI is InChI=1S/C12H15ClN4O2S/c13-5-1-2-8-20(18,19)16-11-3-4-12(15-9-11)17-7-6-14-10-17/h3-4,6-7,9-10,16H,1-2,5,8H2. The zero-order valence-electron chi connectivity index (χ0n) is 10.7. The van der Waals surface area contributed by atoms with Crippen LogP contribution in [-0.4, -0.2) is 34.6 Å². The Labute approximate surface area is 122 Å². The highest BCUT2D eigenvalue weighted by Crippen LogP contribution is 2.12. The number of halogens is 1. The van der Waals surface area contributed by atoms with Crippen molar-refractivity contribution in [1.82, 2.24) is 14.5 Å². The van der Waals surface area contributed by atoms with Crippen LogP contribution in [0.4, 0.5) is 5.69 Å². The molecular weight excluding hydrogens is 300 g/mol. The summed E-state index contributed by atoms with van der Waals surface area (Å²) in [5.41, 5.74) is 0.444. The normalized spacial score (nSPS) is 11.4. The molecular formula is C12H15ClN4O2S. The number of sulfonamides is 1. The summed E-state index contributed by atoms with van der Waals surface area (Å²) in [6, 6.07) is 3.39. The van der Waals surface area contributed by atoms with Gasteiger partial charge in [-0.2, -0.15) is 0 Å². The van der Waals surface area contributed by atoms with Crippen LogP contribution >= 0.6 is 11.6 Å². The van der Waals surface area contributed by atoms with Crippen LogP contribution in [-0.2, 0) is 10.0 Å². The lowest BCUT2D eigenvalue weighted by Gasteiger charge is -2.08. The molecule has 108 valence electrons. The van der Waals surface area contributed by atoms with E-state index >= 15 is 0 Å². The van der Waals surface area contributed by atoms with Crippen LogP contribution < -0.4 is 4.72 Å². The van der Waals surface area contributed by atoms with Crippen molar-refractivity contribution < 1.29 is 8.42 Å². The lowest BCUT2D eigenvalue weighted by Crippen LogP contribution is -2.17. The molecule has 0 aliphatic carbocycles. The van der Waals surface area contributed by atoms with Gasteiger partial charge in [0.05, 0.1) is 17.6 Å². The number of aromatic nitrogens is 3. The molecule has 0 unspecified atom stereocenters. The van der Waals surface area contributed by atoms with Gasteiger partial charge in [0.15, 0.2) is 0 Å². The van der Waals surface area contributed by atoms with Crippen LogP contribution in [0, 0.1) is 0 Å². The summed E-state index contributed by atoms with van der Waals surface area (Å²) in [6.07, 6.45) is 7.74. The number of rotatable bonds is 7. The Hall–Kier alpha value is -1.60. The van der Waals surface area contributed by atoms with E-state index in [1.165, 1.54) is 6.20 Å². The number of hydrogen-bond acceptors (Lipinski definition) is 4. The van der Waals surface area contributed by atoms with Gasteiger partial charge in [-0.15, -0.1) is 11.6 Å². The van der Waals surface area contributed by atoms with E-state index in [4.69, 9.17) is 11.6 Å². The van der Waals surface area contributed by atoms with Crippen molar-refractivity contribution in [2.45, 2.75) is 12.8 Å². The Kier molecular flexibility index (Phi) is 4.97. The number of nitrogens with one attached hydrogen (secondary N) is 1. The van der Waals surface area contributed by atoms with E-state index in [0.29, 0.717) is 30.2 Å². The third-order valence-electron chi connectivity index (χ3n) is 2.59. The summed E-state index contributed by atoms with van der Waals surface area (Å²) in [7, 11) is -3.34. The van der Waals surface area contributed by atoms with Gasteiger partial charge in [-0.05, 0) is 25.0 Å². The Morgan fingerprint density at radius 3 is 2.75 bits per heavy atom. The molecule has 6 nitrogen and oxygen atoms in total. The maximum atomic E-state index is 11.8. The highest BCUT2D eigenvalue weighted by atomic mass is 35.5. The maximum Gasteiger partial charge on any atom is 0.232 e. The van der Waals surface area contributed by atoms with Crippen LogP contribution in [0.1, 0.15) is 12.8 Å². The van der Waals surface area contributed by atoms with Crippen molar-refractivity contribution in [2.75, 3.05) is 16.4 Å². The second-order valence-corrected chi connectivity index (χ2v) is 6.41. The highest BCUT2D eigenvalue weighted by molar-refractivity contribution is 7.92. The van der Waals surface area contributed by atoms with Crippen molar-refractivity contribution in [2.24, 2.45) is 0 Å². The van der Waals surface area contributed by atoms with E-state index in [9.17, 15) is 8.42 Å². The molecule has 0 spiro atoms. The third kappa shape index (κ3) is 4.21. The molecule has 2 aromatic heterocycles. The molecule has 1 N–H and O–H groups in total. The Morgan fingerprint density at radius 1 is 1.30 bits per heavy atom. The molecule has 0 aromatic carbocycles.